The highest BCUT2D eigenvalue weighted by Gasteiger charge is 2.31. The molecule has 2 amide bonds. The Morgan fingerprint density at radius 3 is 2.53 bits per heavy atom. The lowest BCUT2D eigenvalue weighted by atomic mass is 10.1. The molecule has 1 atom stereocenters. The summed E-state index contributed by atoms with van der Waals surface area (Å²) in [6.07, 6.45) is 3.01. The minimum atomic E-state index is -0.667. The molecule has 9 heteroatoms. The van der Waals surface area contributed by atoms with Gasteiger partial charge in [0, 0.05) is 33.3 Å². The van der Waals surface area contributed by atoms with Crippen molar-refractivity contribution in [2.24, 2.45) is 7.05 Å². The van der Waals surface area contributed by atoms with Gasteiger partial charge in [-0.25, -0.2) is 4.79 Å². The van der Waals surface area contributed by atoms with Gasteiger partial charge in [-0.1, -0.05) is 6.07 Å². The Morgan fingerprint density at radius 2 is 1.80 bits per heavy atom. The molecule has 1 aromatic heterocycles. The molecule has 1 aliphatic heterocycles. The van der Waals surface area contributed by atoms with Crippen LogP contribution in [0.2, 0.25) is 0 Å². The van der Waals surface area contributed by atoms with Gasteiger partial charge < -0.3 is 14.6 Å². The fourth-order valence-electron chi connectivity index (χ4n) is 3.70. The molecule has 1 fully saturated rings. The molecule has 30 heavy (non-hydrogen) atoms. The van der Waals surface area contributed by atoms with Crippen molar-refractivity contribution in [2.75, 3.05) is 33.0 Å². The number of rotatable bonds is 11. The van der Waals surface area contributed by atoms with Crippen molar-refractivity contribution in [3.05, 3.63) is 34.2 Å². The van der Waals surface area contributed by atoms with Crippen molar-refractivity contribution in [1.29, 1.82) is 0 Å². The summed E-state index contributed by atoms with van der Waals surface area (Å²) >= 11 is 0. The molecule has 164 valence electrons. The molecule has 1 saturated heterocycles. The number of aliphatic hydroxyl groups excluding tert-OH is 1. The van der Waals surface area contributed by atoms with E-state index in [1.165, 1.54) is 4.57 Å². The number of nitrogens with zero attached hydrogens (tertiary/aromatic N) is 2. The number of carbonyl (C=O) groups is 2. The fraction of sp³-hybridized carbons (Fsp3) is 0.571. The molecule has 0 aliphatic carbocycles. The topological polar surface area (TPSA) is 112 Å². The molecule has 0 bridgehead atoms. The number of ether oxygens (including phenoxy) is 2. The first kappa shape index (κ1) is 22.2. The Bertz CT molecular complexity index is 948. The number of aryl methyl sites for hydroxylation is 2. The summed E-state index contributed by atoms with van der Waals surface area (Å²) in [7, 11) is 1.69. The van der Waals surface area contributed by atoms with E-state index < -0.39 is 11.9 Å². The molecule has 9 nitrogen and oxygen atoms in total. The van der Waals surface area contributed by atoms with E-state index in [0.717, 1.165) is 30.3 Å². The first-order valence-electron chi connectivity index (χ1n) is 10.3. The number of hydrogen-bond acceptors (Lipinski definition) is 6. The van der Waals surface area contributed by atoms with Gasteiger partial charge in [0.05, 0.1) is 24.2 Å². The summed E-state index contributed by atoms with van der Waals surface area (Å²) < 4.78 is 13.8. The zero-order chi connectivity index (χ0) is 21.5. The summed E-state index contributed by atoms with van der Waals surface area (Å²) in [5, 5.41) is 10.9. The number of piperidine rings is 1. The number of hydrogen-bond donors (Lipinski definition) is 2. The smallest absolute Gasteiger partial charge is 0.329 e. The number of fused-ring (bicyclic) bond motifs is 1. The van der Waals surface area contributed by atoms with Crippen LogP contribution in [0.4, 0.5) is 0 Å². The van der Waals surface area contributed by atoms with E-state index in [1.807, 2.05) is 18.2 Å². The highest BCUT2D eigenvalue weighted by molar-refractivity contribution is 6.00. The van der Waals surface area contributed by atoms with Crippen LogP contribution in [0.1, 0.15) is 37.3 Å². The number of amides is 2. The van der Waals surface area contributed by atoms with E-state index in [-0.39, 0.29) is 24.6 Å². The van der Waals surface area contributed by atoms with Crippen molar-refractivity contribution in [2.45, 2.75) is 38.1 Å². The second kappa shape index (κ2) is 10.5. The fourth-order valence-corrected chi connectivity index (χ4v) is 3.70. The SMILES string of the molecule is Cn1c(=O)n(C2CCC(=O)NC2=O)c2ccc(CCCOCCCOCCO)cc21. The van der Waals surface area contributed by atoms with E-state index in [1.54, 1.807) is 11.6 Å². The lowest BCUT2D eigenvalue weighted by Gasteiger charge is -2.21. The van der Waals surface area contributed by atoms with Crippen LogP contribution in [-0.2, 0) is 32.5 Å². The normalized spacial score (nSPS) is 16.9. The van der Waals surface area contributed by atoms with Gasteiger partial charge >= 0.3 is 5.69 Å². The number of nitrogens with one attached hydrogen (secondary N) is 1. The lowest BCUT2D eigenvalue weighted by molar-refractivity contribution is -0.135. The van der Waals surface area contributed by atoms with E-state index in [9.17, 15) is 14.4 Å². The van der Waals surface area contributed by atoms with E-state index in [4.69, 9.17) is 14.6 Å². The van der Waals surface area contributed by atoms with Crippen LogP contribution < -0.4 is 11.0 Å². The van der Waals surface area contributed by atoms with Crippen LogP contribution in [-0.4, -0.2) is 59.1 Å². The third-order valence-corrected chi connectivity index (χ3v) is 5.24. The highest BCUT2D eigenvalue weighted by atomic mass is 16.5. The highest BCUT2D eigenvalue weighted by Crippen LogP contribution is 2.24. The van der Waals surface area contributed by atoms with Crippen LogP contribution in [0, 0.1) is 0 Å². The van der Waals surface area contributed by atoms with Gasteiger partial charge in [0.1, 0.15) is 6.04 Å². The van der Waals surface area contributed by atoms with Gasteiger partial charge in [0.15, 0.2) is 0 Å². The molecule has 2 N–H and O–H groups in total. The Morgan fingerprint density at radius 1 is 1.07 bits per heavy atom. The summed E-state index contributed by atoms with van der Waals surface area (Å²) in [6.45, 7) is 2.22. The Balaban J connectivity index is 1.59. The molecule has 0 spiro atoms. The third kappa shape index (κ3) is 5.16. The molecule has 1 unspecified atom stereocenters. The minimum Gasteiger partial charge on any atom is -0.394 e. The largest absolute Gasteiger partial charge is 0.394 e. The number of aromatic nitrogens is 2. The van der Waals surface area contributed by atoms with Crippen LogP contribution in [0.15, 0.2) is 23.0 Å². The number of carbonyl (C=O) groups excluding carboxylic acids is 2. The summed E-state index contributed by atoms with van der Waals surface area (Å²) in [6, 6.07) is 5.14. The van der Waals surface area contributed by atoms with Crippen molar-refractivity contribution in [1.82, 2.24) is 14.5 Å². The van der Waals surface area contributed by atoms with E-state index in [2.05, 4.69) is 5.32 Å². The Labute approximate surface area is 174 Å². The zero-order valence-electron chi connectivity index (χ0n) is 17.3. The van der Waals surface area contributed by atoms with Crippen LogP contribution in [0.5, 0.6) is 0 Å². The van der Waals surface area contributed by atoms with Crippen LogP contribution in [0.3, 0.4) is 0 Å². The van der Waals surface area contributed by atoms with Gasteiger partial charge in [-0.15, -0.1) is 0 Å². The van der Waals surface area contributed by atoms with Gasteiger partial charge in [-0.05, 0) is 43.4 Å². The molecule has 0 saturated carbocycles. The molecule has 2 aromatic rings. The van der Waals surface area contributed by atoms with E-state index >= 15 is 0 Å². The summed E-state index contributed by atoms with van der Waals surface area (Å²) in [5.41, 5.74) is 2.29. The second-order valence-electron chi connectivity index (χ2n) is 7.41. The number of imidazole rings is 1. The standard InChI is InChI=1S/C21H29N3O6/c1-23-18-14-15(4-2-10-29-11-3-12-30-13-9-25)5-6-16(18)24(21(23)28)17-7-8-19(26)22-20(17)27/h5-6,14,17,25H,2-4,7-13H2,1H3,(H,22,26,27). The van der Waals surface area contributed by atoms with Crippen LogP contribution in [0.25, 0.3) is 11.0 Å². The van der Waals surface area contributed by atoms with Crippen molar-refractivity contribution in [3.63, 3.8) is 0 Å². The summed E-state index contributed by atoms with van der Waals surface area (Å²) in [5.74, 6) is -0.726. The molecular weight excluding hydrogens is 390 g/mol. The maximum absolute atomic E-state index is 12.8. The Hall–Kier alpha value is -2.49. The van der Waals surface area contributed by atoms with Gasteiger partial charge in [-0.2, -0.15) is 0 Å². The first-order valence-corrected chi connectivity index (χ1v) is 10.3. The zero-order valence-corrected chi connectivity index (χ0v) is 17.3. The molecule has 3 rings (SSSR count). The predicted molar refractivity (Wildman–Crippen MR) is 110 cm³/mol. The first-order chi connectivity index (χ1) is 14.5. The number of imide groups is 1. The van der Waals surface area contributed by atoms with Gasteiger partial charge in [0.25, 0.3) is 0 Å². The number of aliphatic hydroxyl groups is 1. The lowest BCUT2D eigenvalue weighted by Crippen LogP contribution is -2.44. The molecule has 0 radical (unpaired) electrons. The molecular formula is C21H29N3O6. The maximum atomic E-state index is 12.8. The monoisotopic (exact) mass is 419 g/mol. The van der Waals surface area contributed by atoms with Gasteiger partial charge in [-0.3, -0.25) is 24.0 Å². The van der Waals surface area contributed by atoms with Gasteiger partial charge in [0.2, 0.25) is 11.8 Å². The second-order valence-corrected chi connectivity index (χ2v) is 7.41. The predicted octanol–water partition coefficient (Wildman–Crippen LogP) is 0.666. The van der Waals surface area contributed by atoms with E-state index in [0.29, 0.717) is 38.4 Å². The van der Waals surface area contributed by atoms with Crippen molar-refractivity contribution >= 4 is 22.8 Å². The third-order valence-electron chi connectivity index (χ3n) is 5.24. The average molecular weight is 419 g/mol. The molecule has 1 aromatic carbocycles. The summed E-state index contributed by atoms with van der Waals surface area (Å²) in [4.78, 5) is 36.4. The molecule has 1 aliphatic rings. The van der Waals surface area contributed by atoms with Crippen molar-refractivity contribution < 1.29 is 24.2 Å². The Kier molecular flexibility index (Phi) is 7.78. The quantitative estimate of drug-likeness (QED) is 0.409. The minimum absolute atomic E-state index is 0.0354. The van der Waals surface area contributed by atoms with Crippen LogP contribution >= 0.6 is 0 Å². The molecule has 2 heterocycles. The average Bonchev–Trinajstić information content (AvgIpc) is 2.97. The maximum Gasteiger partial charge on any atom is 0.329 e. The van der Waals surface area contributed by atoms with Crippen molar-refractivity contribution in [3.8, 4) is 0 Å². The number of benzene rings is 1.